The van der Waals surface area contributed by atoms with Gasteiger partial charge in [-0.2, -0.15) is 5.26 Å². The van der Waals surface area contributed by atoms with Gasteiger partial charge in [-0.15, -0.1) is 9.78 Å². The zero-order valence-corrected chi connectivity index (χ0v) is 19.1. The highest BCUT2D eigenvalue weighted by Gasteiger charge is 2.23. The molecule has 0 saturated heterocycles. The van der Waals surface area contributed by atoms with Crippen molar-refractivity contribution in [2.75, 3.05) is 6.61 Å². The minimum atomic E-state index is -0.448. The maximum Gasteiger partial charge on any atom is 0.350 e. The second kappa shape index (κ2) is 10.4. The van der Waals surface area contributed by atoms with E-state index in [4.69, 9.17) is 21.1 Å². The zero-order valence-electron chi connectivity index (χ0n) is 19.1. The van der Waals surface area contributed by atoms with Gasteiger partial charge in [0.2, 0.25) is 0 Å². The first kappa shape index (κ1) is 23.4. The van der Waals surface area contributed by atoms with Crippen LogP contribution in [0.1, 0.15) is 40.9 Å². The van der Waals surface area contributed by atoms with Gasteiger partial charge in [0.1, 0.15) is 23.5 Å². The smallest absolute Gasteiger partial charge is 0.350 e. The van der Waals surface area contributed by atoms with Gasteiger partial charge < -0.3 is 10.5 Å². The average molecular weight is 469 g/mol. The number of H-pyrrole nitrogens is 1. The lowest BCUT2D eigenvalue weighted by Gasteiger charge is -2.18. The number of aromatic amines is 1. The number of aromatic nitrogens is 5. The molecule has 0 radical (unpaired) electrons. The van der Waals surface area contributed by atoms with Crippen molar-refractivity contribution in [1.82, 2.24) is 24.7 Å². The Morgan fingerprint density at radius 3 is 2.60 bits per heavy atom. The first-order valence-corrected chi connectivity index (χ1v) is 11.0. The Bertz CT molecular complexity index is 1420. The number of nitrogens with one attached hydrogen (secondary N) is 2. The maximum absolute atomic E-state index is 12.7. The maximum atomic E-state index is 12.7. The van der Waals surface area contributed by atoms with Crippen molar-refractivity contribution < 1.29 is 4.74 Å². The molecule has 0 bridgehead atoms. The summed E-state index contributed by atoms with van der Waals surface area (Å²) in [4.78, 5) is 23.9. The van der Waals surface area contributed by atoms with Crippen LogP contribution in [0.3, 0.4) is 0 Å². The van der Waals surface area contributed by atoms with Crippen LogP contribution in [0.25, 0.3) is 5.95 Å². The van der Waals surface area contributed by atoms with Crippen LogP contribution >= 0.6 is 0 Å². The normalized spacial score (nSPS) is 11.5. The molecule has 0 spiro atoms. The number of nitrogen functional groups attached to an aromatic ring is 1. The van der Waals surface area contributed by atoms with E-state index in [1.54, 1.807) is 30.6 Å². The minimum Gasteiger partial charge on any atom is -0.479 e. The fourth-order valence-electron chi connectivity index (χ4n) is 3.75. The molecule has 2 aromatic heterocycles. The van der Waals surface area contributed by atoms with Crippen LogP contribution in [0, 0.1) is 16.7 Å². The van der Waals surface area contributed by atoms with Crippen molar-refractivity contribution in [1.29, 1.82) is 10.7 Å². The van der Waals surface area contributed by atoms with E-state index in [1.165, 1.54) is 0 Å². The van der Waals surface area contributed by atoms with Gasteiger partial charge in [-0.05, 0) is 47.7 Å². The van der Waals surface area contributed by atoms with Crippen molar-refractivity contribution in [3.8, 4) is 17.8 Å². The Labute approximate surface area is 201 Å². The van der Waals surface area contributed by atoms with Crippen molar-refractivity contribution in [2.24, 2.45) is 5.73 Å². The number of nitrogens with two attached hydrogens (primary N) is 1. The van der Waals surface area contributed by atoms with Gasteiger partial charge in [0.05, 0.1) is 0 Å². The number of rotatable bonds is 9. The van der Waals surface area contributed by atoms with E-state index in [9.17, 15) is 4.79 Å². The molecule has 0 aliphatic carbocycles. The lowest BCUT2D eigenvalue weighted by molar-refractivity contribution is 0.367. The lowest BCUT2D eigenvalue weighted by Crippen LogP contribution is -2.18. The van der Waals surface area contributed by atoms with Gasteiger partial charge in [-0.3, -0.25) is 10.4 Å². The van der Waals surface area contributed by atoms with Crippen LogP contribution in [0.4, 0.5) is 0 Å². The number of aryl methyl sites for hydroxylation is 1. The first-order valence-electron chi connectivity index (χ1n) is 11.0. The Hall–Kier alpha value is -4.78. The molecule has 0 aliphatic heterocycles. The van der Waals surface area contributed by atoms with Gasteiger partial charge in [0, 0.05) is 23.9 Å². The fourth-order valence-corrected chi connectivity index (χ4v) is 3.75. The molecule has 4 N–H and O–H groups in total. The van der Waals surface area contributed by atoms with Crippen molar-refractivity contribution in [3.05, 3.63) is 99.5 Å². The number of nitriles is 1. The number of hydrogen-bond acceptors (Lipinski definition) is 7. The Morgan fingerprint density at radius 1 is 1.20 bits per heavy atom. The van der Waals surface area contributed by atoms with E-state index in [2.05, 4.69) is 20.1 Å². The van der Waals surface area contributed by atoms with Crippen LogP contribution in [0.5, 0.6) is 5.75 Å². The summed E-state index contributed by atoms with van der Waals surface area (Å²) in [6.45, 7) is 1.96. The molecule has 176 valence electrons. The SMILES string of the molecule is CCc1cc(OCC#N)cc(C(Cc2ccc(C(=N)N)cc2)c2nn(-c3ncccn3)c(=O)[nH]2)c1. The van der Waals surface area contributed by atoms with E-state index in [0.717, 1.165) is 27.8 Å². The third-order valence-corrected chi connectivity index (χ3v) is 5.51. The summed E-state index contributed by atoms with van der Waals surface area (Å²) >= 11 is 0. The summed E-state index contributed by atoms with van der Waals surface area (Å²) in [5.41, 5.74) is 8.64. The number of hydrogen-bond donors (Lipinski definition) is 3. The van der Waals surface area contributed by atoms with Crippen molar-refractivity contribution in [2.45, 2.75) is 25.7 Å². The van der Waals surface area contributed by atoms with E-state index in [-0.39, 0.29) is 24.3 Å². The molecule has 0 saturated carbocycles. The molecule has 35 heavy (non-hydrogen) atoms. The summed E-state index contributed by atoms with van der Waals surface area (Å²) in [6.07, 6.45) is 4.35. The fraction of sp³-hybridized carbons (Fsp3) is 0.200. The molecule has 10 heteroatoms. The highest BCUT2D eigenvalue weighted by atomic mass is 16.5. The Kier molecular flexibility index (Phi) is 6.97. The molecule has 4 rings (SSSR count). The van der Waals surface area contributed by atoms with Gasteiger partial charge in [0.15, 0.2) is 6.61 Å². The molecule has 0 amide bonds. The summed E-state index contributed by atoms with van der Waals surface area (Å²) in [5.74, 6) is 0.842. The first-order chi connectivity index (χ1) is 17.0. The van der Waals surface area contributed by atoms with Gasteiger partial charge >= 0.3 is 5.69 Å². The van der Waals surface area contributed by atoms with Crippen LogP contribution in [0.15, 0.2) is 65.7 Å². The average Bonchev–Trinajstić information content (AvgIpc) is 3.27. The van der Waals surface area contributed by atoms with Gasteiger partial charge in [0.25, 0.3) is 5.95 Å². The third kappa shape index (κ3) is 5.42. The predicted molar refractivity (Wildman–Crippen MR) is 130 cm³/mol. The zero-order chi connectivity index (χ0) is 24.8. The minimum absolute atomic E-state index is 0.00559. The van der Waals surface area contributed by atoms with E-state index < -0.39 is 5.69 Å². The topological polar surface area (TPSA) is 159 Å². The summed E-state index contributed by atoms with van der Waals surface area (Å²) in [6, 6.07) is 16.8. The van der Waals surface area contributed by atoms with Crippen LogP contribution in [-0.2, 0) is 12.8 Å². The largest absolute Gasteiger partial charge is 0.479 e. The van der Waals surface area contributed by atoms with Crippen LogP contribution < -0.4 is 16.2 Å². The summed E-state index contributed by atoms with van der Waals surface area (Å²) in [7, 11) is 0. The second-order valence-electron chi connectivity index (χ2n) is 7.85. The second-order valence-corrected chi connectivity index (χ2v) is 7.85. The molecule has 2 heterocycles. The van der Waals surface area contributed by atoms with E-state index in [0.29, 0.717) is 23.6 Å². The molecule has 1 atom stereocenters. The predicted octanol–water partition coefficient (Wildman–Crippen LogP) is 2.47. The van der Waals surface area contributed by atoms with Crippen molar-refractivity contribution >= 4 is 5.84 Å². The standard InChI is InChI=1S/C25H24N8O2/c1-2-16-12-19(15-20(13-16)35-11-8-26)21(14-17-4-6-18(7-5-17)22(27)28)23-31-25(34)33(32-23)24-29-9-3-10-30-24/h3-7,9-10,12-13,15,21H,2,11,14H2,1H3,(H3,27,28)(H,31,32,34). The molecule has 4 aromatic rings. The highest BCUT2D eigenvalue weighted by Crippen LogP contribution is 2.30. The number of benzene rings is 2. The van der Waals surface area contributed by atoms with Gasteiger partial charge in [-0.1, -0.05) is 37.3 Å². The Balaban J connectivity index is 1.80. The quantitative estimate of drug-likeness (QED) is 0.251. The molecule has 10 nitrogen and oxygen atoms in total. The van der Waals surface area contributed by atoms with Crippen molar-refractivity contribution in [3.63, 3.8) is 0 Å². The Morgan fingerprint density at radius 2 is 1.94 bits per heavy atom. The molecule has 0 fully saturated rings. The number of ether oxygens (including phenoxy) is 1. The monoisotopic (exact) mass is 468 g/mol. The number of nitrogens with zero attached hydrogens (tertiary/aromatic N) is 5. The van der Waals surface area contributed by atoms with E-state index >= 15 is 0 Å². The molecule has 1 unspecified atom stereocenters. The third-order valence-electron chi connectivity index (χ3n) is 5.51. The highest BCUT2D eigenvalue weighted by molar-refractivity contribution is 5.94. The molecular formula is C25H24N8O2. The molecule has 0 aliphatic rings. The summed E-state index contributed by atoms with van der Waals surface area (Å²) in [5, 5.41) is 21.1. The molecular weight excluding hydrogens is 444 g/mol. The molecule has 2 aromatic carbocycles. The lowest BCUT2D eigenvalue weighted by atomic mass is 9.89. The number of amidine groups is 1. The summed E-state index contributed by atoms with van der Waals surface area (Å²) < 4.78 is 6.74. The van der Waals surface area contributed by atoms with Gasteiger partial charge in [-0.25, -0.2) is 14.8 Å². The van der Waals surface area contributed by atoms with E-state index in [1.807, 2.05) is 43.3 Å². The van der Waals surface area contributed by atoms with Crippen LogP contribution in [-0.4, -0.2) is 37.2 Å². The van der Waals surface area contributed by atoms with Crippen LogP contribution in [0.2, 0.25) is 0 Å².